The van der Waals surface area contributed by atoms with Crippen LogP contribution in [0.2, 0.25) is 0 Å². The average molecular weight is 419 g/mol. The van der Waals surface area contributed by atoms with Crippen molar-refractivity contribution < 1.29 is 19.2 Å². The number of Topliss-reactive ketones (excluding diaryl/α,β-unsaturated/α-hetero) is 1. The van der Waals surface area contributed by atoms with Crippen LogP contribution in [0.15, 0.2) is 42.5 Å². The molecule has 2 aliphatic rings. The van der Waals surface area contributed by atoms with Crippen LogP contribution in [0.1, 0.15) is 66.6 Å². The van der Waals surface area contributed by atoms with Gasteiger partial charge in [-0.2, -0.15) is 0 Å². The van der Waals surface area contributed by atoms with Gasteiger partial charge in [-0.15, -0.1) is 0 Å². The number of amides is 4. The van der Waals surface area contributed by atoms with Crippen LogP contribution in [0.4, 0.5) is 10.5 Å². The number of hydrogen-bond acceptors (Lipinski definition) is 4. The van der Waals surface area contributed by atoms with Crippen LogP contribution in [0.25, 0.3) is 0 Å². The predicted octanol–water partition coefficient (Wildman–Crippen LogP) is 3.52. The lowest BCUT2D eigenvalue weighted by Gasteiger charge is -2.22. The van der Waals surface area contributed by atoms with E-state index in [1.54, 1.807) is 32.0 Å². The number of benzene rings is 2. The van der Waals surface area contributed by atoms with Gasteiger partial charge in [0.1, 0.15) is 5.54 Å². The summed E-state index contributed by atoms with van der Waals surface area (Å²) in [5.74, 6) is -0.943. The summed E-state index contributed by atoms with van der Waals surface area (Å²) < 4.78 is 0. The first kappa shape index (κ1) is 20.8. The first-order chi connectivity index (χ1) is 14.6. The molecule has 2 heterocycles. The number of nitrogens with zero attached hydrogens (tertiary/aromatic N) is 1. The van der Waals surface area contributed by atoms with E-state index >= 15 is 0 Å². The van der Waals surface area contributed by atoms with Crippen LogP contribution < -0.4 is 10.6 Å². The molecule has 2 aliphatic heterocycles. The highest BCUT2D eigenvalue weighted by molar-refractivity contribution is 6.11. The minimum atomic E-state index is -1.23. The molecule has 0 saturated carbocycles. The number of urea groups is 1. The van der Waals surface area contributed by atoms with Crippen LogP contribution in [0.3, 0.4) is 0 Å². The zero-order valence-electron chi connectivity index (χ0n) is 18.0. The number of anilines is 1. The Hall–Kier alpha value is -3.48. The summed E-state index contributed by atoms with van der Waals surface area (Å²) in [6.07, 6.45) is 0. The Morgan fingerprint density at radius 2 is 1.77 bits per heavy atom. The fourth-order valence-corrected chi connectivity index (χ4v) is 4.06. The molecule has 2 atom stereocenters. The second kappa shape index (κ2) is 7.34. The minimum Gasteiger partial charge on any atom is -0.325 e. The fraction of sp³-hybridized carbons (Fsp3) is 0.333. The molecule has 0 unspecified atom stereocenters. The van der Waals surface area contributed by atoms with Gasteiger partial charge < -0.3 is 10.6 Å². The molecule has 1 fully saturated rings. The molecule has 31 heavy (non-hydrogen) atoms. The first-order valence-corrected chi connectivity index (χ1v) is 10.3. The molecule has 0 spiro atoms. The third-order valence-corrected chi connectivity index (χ3v) is 6.22. The van der Waals surface area contributed by atoms with Crippen LogP contribution in [-0.2, 0) is 15.1 Å². The lowest BCUT2D eigenvalue weighted by atomic mass is 9.90. The van der Waals surface area contributed by atoms with Crippen molar-refractivity contribution in [3.63, 3.8) is 0 Å². The zero-order valence-corrected chi connectivity index (χ0v) is 18.0. The smallest absolute Gasteiger partial charge is 0.325 e. The molecular weight excluding hydrogens is 394 g/mol. The molecule has 7 heteroatoms. The van der Waals surface area contributed by atoms with E-state index in [9.17, 15) is 19.2 Å². The highest BCUT2D eigenvalue weighted by Gasteiger charge is 2.49. The molecule has 7 nitrogen and oxygen atoms in total. The molecule has 4 amide bonds. The Morgan fingerprint density at radius 1 is 1.10 bits per heavy atom. The van der Waals surface area contributed by atoms with Gasteiger partial charge in [0.2, 0.25) is 5.91 Å². The SMILES string of the molecule is CC(C)c1ccc([C@]2(C)NC(=O)N(CC(=O)c3ccc4c(c3)[C@@H](C)C(=O)N4)C2=O)cc1. The van der Waals surface area contributed by atoms with E-state index in [1.807, 2.05) is 24.3 Å². The van der Waals surface area contributed by atoms with E-state index in [4.69, 9.17) is 0 Å². The third-order valence-electron chi connectivity index (χ3n) is 6.22. The van der Waals surface area contributed by atoms with Crippen LogP contribution in [0, 0.1) is 0 Å². The summed E-state index contributed by atoms with van der Waals surface area (Å²) in [5.41, 5.74) is 2.36. The lowest BCUT2D eigenvalue weighted by Crippen LogP contribution is -2.41. The van der Waals surface area contributed by atoms with Gasteiger partial charge in [-0.05, 0) is 54.7 Å². The summed E-state index contributed by atoms with van der Waals surface area (Å²) in [4.78, 5) is 51.4. The highest BCUT2D eigenvalue weighted by Crippen LogP contribution is 2.33. The fourth-order valence-electron chi connectivity index (χ4n) is 4.06. The van der Waals surface area contributed by atoms with Gasteiger partial charge in [0.25, 0.3) is 5.91 Å². The van der Waals surface area contributed by atoms with E-state index in [1.165, 1.54) is 0 Å². The van der Waals surface area contributed by atoms with Crippen LogP contribution in [0.5, 0.6) is 0 Å². The quantitative estimate of drug-likeness (QED) is 0.573. The number of ketones is 1. The largest absolute Gasteiger partial charge is 0.325 e. The third kappa shape index (κ3) is 3.40. The van der Waals surface area contributed by atoms with Gasteiger partial charge >= 0.3 is 6.03 Å². The van der Waals surface area contributed by atoms with Gasteiger partial charge in [0.05, 0.1) is 12.5 Å². The van der Waals surface area contributed by atoms with Crippen molar-refractivity contribution >= 4 is 29.3 Å². The maximum atomic E-state index is 13.1. The van der Waals surface area contributed by atoms with Crippen molar-refractivity contribution in [2.75, 3.05) is 11.9 Å². The monoisotopic (exact) mass is 419 g/mol. The lowest BCUT2D eigenvalue weighted by molar-refractivity contribution is -0.130. The number of hydrogen-bond donors (Lipinski definition) is 2. The summed E-state index contributed by atoms with van der Waals surface area (Å²) >= 11 is 0. The molecule has 2 aromatic rings. The van der Waals surface area contributed by atoms with E-state index < -0.39 is 17.5 Å². The summed E-state index contributed by atoms with van der Waals surface area (Å²) in [6.45, 7) is 7.22. The highest BCUT2D eigenvalue weighted by atomic mass is 16.2. The topological polar surface area (TPSA) is 95.6 Å². The number of imide groups is 1. The molecule has 0 bridgehead atoms. The number of nitrogens with one attached hydrogen (secondary N) is 2. The molecule has 1 saturated heterocycles. The first-order valence-electron chi connectivity index (χ1n) is 10.3. The van der Waals surface area contributed by atoms with Crippen molar-refractivity contribution in [1.29, 1.82) is 0 Å². The van der Waals surface area contributed by atoms with Crippen molar-refractivity contribution in [2.24, 2.45) is 0 Å². The van der Waals surface area contributed by atoms with Crippen molar-refractivity contribution in [3.05, 3.63) is 64.7 Å². The Bertz CT molecular complexity index is 1110. The second-order valence-corrected chi connectivity index (χ2v) is 8.66. The molecule has 4 rings (SSSR count). The molecule has 160 valence electrons. The Balaban J connectivity index is 1.55. The maximum absolute atomic E-state index is 13.1. The number of carbonyl (C=O) groups excluding carboxylic acids is 4. The Morgan fingerprint density at radius 3 is 2.42 bits per heavy atom. The van der Waals surface area contributed by atoms with E-state index in [0.717, 1.165) is 16.0 Å². The van der Waals surface area contributed by atoms with Crippen LogP contribution in [-0.4, -0.2) is 35.1 Å². The van der Waals surface area contributed by atoms with Crippen molar-refractivity contribution in [3.8, 4) is 0 Å². The summed E-state index contributed by atoms with van der Waals surface area (Å²) in [7, 11) is 0. The van der Waals surface area contributed by atoms with Gasteiger partial charge in [0, 0.05) is 11.3 Å². The number of fused-ring (bicyclic) bond motifs is 1. The molecule has 0 aliphatic carbocycles. The Labute approximate surface area is 180 Å². The zero-order chi connectivity index (χ0) is 22.5. The summed E-state index contributed by atoms with van der Waals surface area (Å²) in [5, 5.41) is 5.50. The maximum Gasteiger partial charge on any atom is 0.325 e. The normalized spacial score (nSPS) is 22.5. The number of carbonyl (C=O) groups is 4. The standard InChI is InChI=1S/C24H25N3O4/c1-13(2)15-5-8-17(9-6-15)24(4)22(30)27(23(31)26-24)12-20(28)16-7-10-19-18(11-16)14(3)21(29)25-19/h5-11,13-14H,12H2,1-4H3,(H,25,29)(H,26,31)/t14-,24+/m1/s1. The molecule has 0 aromatic heterocycles. The Kier molecular flexibility index (Phi) is 4.92. The predicted molar refractivity (Wildman–Crippen MR) is 116 cm³/mol. The van der Waals surface area contributed by atoms with Crippen LogP contribution >= 0.6 is 0 Å². The minimum absolute atomic E-state index is 0.118. The van der Waals surface area contributed by atoms with Gasteiger partial charge in [-0.3, -0.25) is 19.3 Å². The summed E-state index contributed by atoms with van der Waals surface area (Å²) in [6, 6.07) is 11.9. The molecule has 2 aromatic carbocycles. The van der Waals surface area contributed by atoms with Crippen molar-refractivity contribution in [2.45, 2.75) is 45.1 Å². The number of rotatable bonds is 5. The molecular formula is C24H25N3O4. The van der Waals surface area contributed by atoms with E-state index in [-0.39, 0.29) is 24.2 Å². The molecule has 2 N–H and O–H groups in total. The average Bonchev–Trinajstić information content (AvgIpc) is 3.15. The van der Waals surface area contributed by atoms with E-state index in [2.05, 4.69) is 24.5 Å². The second-order valence-electron chi connectivity index (χ2n) is 8.66. The van der Waals surface area contributed by atoms with Gasteiger partial charge in [0.15, 0.2) is 5.78 Å². The van der Waals surface area contributed by atoms with Gasteiger partial charge in [-0.25, -0.2) is 4.79 Å². The van der Waals surface area contributed by atoms with Gasteiger partial charge in [-0.1, -0.05) is 38.1 Å². The molecule has 0 radical (unpaired) electrons. The van der Waals surface area contributed by atoms with Crippen molar-refractivity contribution in [1.82, 2.24) is 10.2 Å². The van der Waals surface area contributed by atoms with E-state index in [0.29, 0.717) is 22.7 Å².